The molecule has 1 rings (SSSR count). The summed E-state index contributed by atoms with van der Waals surface area (Å²) in [4.78, 5) is 0. The van der Waals surface area contributed by atoms with Crippen molar-refractivity contribution in [1.29, 1.82) is 0 Å². The van der Waals surface area contributed by atoms with Gasteiger partial charge in [-0.1, -0.05) is 18.5 Å². The Balaban J connectivity index is 2.88. The number of hydrogen-bond acceptors (Lipinski definition) is 4. The zero-order valence-corrected chi connectivity index (χ0v) is 13.3. The molecule has 1 aromatic heterocycles. The first-order valence-electron chi connectivity index (χ1n) is 4.86. The van der Waals surface area contributed by atoms with Gasteiger partial charge in [0.1, 0.15) is 4.21 Å². The number of thiophene rings is 1. The highest BCUT2D eigenvalue weighted by molar-refractivity contribution is 9.11. The molecule has 17 heavy (non-hydrogen) atoms. The van der Waals surface area contributed by atoms with Crippen LogP contribution in [0.3, 0.4) is 0 Å². The van der Waals surface area contributed by atoms with Gasteiger partial charge in [0.05, 0.1) is 15.4 Å². The SMILES string of the molecule is CCC(COC)NS(=O)(=O)c1cc(Cl)c(Br)s1. The van der Waals surface area contributed by atoms with E-state index in [1.807, 2.05) is 6.92 Å². The average molecular weight is 363 g/mol. The summed E-state index contributed by atoms with van der Waals surface area (Å²) in [6.07, 6.45) is 0.660. The summed E-state index contributed by atoms with van der Waals surface area (Å²) in [6.45, 7) is 2.24. The molecule has 0 fully saturated rings. The fourth-order valence-corrected chi connectivity index (χ4v) is 4.89. The van der Waals surface area contributed by atoms with Crippen LogP contribution in [0.1, 0.15) is 13.3 Å². The lowest BCUT2D eigenvalue weighted by molar-refractivity contribution is 0.173. The number of nitrogens with one attached hydrogen (secondary N) is 1. The molecule has 0 aliphatic heterocycles. The second-order valence-corrected chi connectivity index (χ2v) is 8.09. The first kappa shape index (κ1) is 15.4. The molecular formula is C9H13BrClNO3S2. The molecule has 98 valence electrons. The zero-order chi connectivity index (χ0) is 13.1. The number of methoxy groups -OCH3 is 1. The van der Waals surface area contributed by atoms with Crippen LogP contribution in [0.4, 0.5) is 0 Å². The molecule has 8 heteroatoms. The van der Waals surface area contributed by atoms with E-state index < -0.39 is 10.0 Å². The van der Waals surface area contributed by atoms with Crippen LogP contribution >= 0.6 is 38.9 Å². The lowest BCUT2D eigenvalue weighted by Gasteiger charge is -2.14. The topological polar surface area (TPSA) is 55.4 Å². The highest BCUT2D eigenvalue weighted by atomic mass is 79.9. The summed E-state index contributed by atoms with van der Waals surface area (Å²) in [5.74, 6) is 0. The van der Waals surface area contributed by atoms with Crippen molar-refractivity contribution in [3.05, 3.63) is 14.9 Å². The molecule has 0 bridgehead atoms. The molecule has 1 N–H and O–H groups in total. The van der Waals surface area contributed by atoms with Crippen molar-refractivity contribution >= 4 is 48.9 Å². The molecular weight excluding hydrogens is 350 g/mol. The Hall–Kier alpha value is 0.340. The van der Waals surface area contributed by atoms with E-state index in [0.29, 0.717) is 21.8 Å². The van der Waals surface area contributed by atoms with E-state index in [4.69, 9.17) is 16.3 Å². The van der Waals surface area contributed by atoms with Crippen molar-refractivity contribution in [2.24, 2.45) is 0 Å². The standard InChI is InChI=1S/C9H13BrClNO3S2/c1-3-6(5-15-2)12-17(13,14)8-4-7(11)9(10)16-8/h4,6,12H,3,5H2,1-2H3. The van der Waals surface area contributed by atoms with E-state index in [-0.39, 0.29) is 10.3 Å². The minimum absolute atomic E-state index is 0.198. The predicted molar refractivity (Wildman–Crippen MR) is 73.3 cm³/mol. The average Bonchev–Trinajstić information content (AvgIpc) is 2.59. The summed E-state index contributed by atoms with van der Waals surface area (Å²) >= 11 is 10.1. The first-order valence-corrected chi connectivity index (χ1v) is 8.33. The highest BCUT2D eigenvalue weighted by Crippen LogP contribution is 2.34. The lowest BCUT2D eigenvalue weighted by atomic mass is 10.3. The van der Waals surface area contributed by atoms with Crippen LogP contribution in [0, 0.1) is 0 Å². The van der Waals surface area contributed by atoms with E-state index in [2.05, 4.69) is 20.7 Å². The summed E-state index contributed by atoms with van der Waals surface area (Å²) in [6, 6.07) is 1.20. The van der Waals surface area contributed by atoms with Crippen molar-refractivity contribution in [3.63, 3.8) is 0 Å². The number of ether oxygens (including phenoxy) is 1. The van der Waals surface area contributed by atoms with Crippen LogP contribution in [0.25, 0.3) is 0 Å². The smallest absolute Gasteiger partial charge is 0.250 e. The van der Waals surface area contributed by atoms with Crippen LogP contribution in [-0.4, -0.2) is 28.2 Å². The van der Waals surface area contributed by atoms with Gasteiger partial charge in [0, 0.05) is 13.2 Å². The number of hydrogen-bond donors (Lipinski definition) is 1. The van der Waals surface area contributed by atoms with Gasteiger partial charge in [-0.3, -0.25) is 0 Å². The molecule has 0 radical (unpaired) electrons. The first-order chi connectivity index (χ1) is 7.90. The van der Waals surface area contributed by atoms with Crippen molar-refractivity contribution in [1.82, 2.24) is 4.72 Å². The molecule has 0 aliphatic rings. The van der Waals surface area contributed by atoms with Crippen molar-refractivity contribution in [2.45, 2.75) is 23.6 Å². The molecule has 0 aromatic carbocycles. The van der Waals surface area contributed by atoms with Gasteiger partial charge in [-0.25, -0.2) is 13.1 Å². The fourth-order valence-electron chi connectivity index (χ4n) is 1.17. The third kappa shape index (κ3) is 4.18. The molecule has 1 aromatic rings. The highest BCUT2D eigenvalue weighted by Gasteiger charge is 2.22. The molecule has 0 aliphatic carbocycles. The van der Waals surface area contributed by atoms with E-state index in [1.165, 1.54) is 13.2 Å². The minimum Gasteiger partial charge on any atom is -0.383 e. The predicted octanol–water partition coefficient (Wildman–Crippen LogP) is 2.87. The molecule has 0 amide bonds. The van der Waals surface area contributed by atoms with Crippen molar-refractivity contribution in [3.8, 4) is 0 Å². The summed E-state index contributed by atoms with van der Waals surface area (Å²) in [5.41, 5.74) is 0. The Morgan fingerprint density at radius 1 is 1.65 bits per heavy atom. The third-order valence-electron chi connectivity index (χ3n) is 2.07. The minimum atomic E-state index is -3.52. The van der Waals surface area contributed by atoms with Crippen molar-refractivity contribution in [2.75, 3.05) is 13.7 Å². The number of sulfonamides is 1. The van der Waals surface area contributed by atoms with E-state index in [0.717, 1.165) is 11.3 Å². The van der Waals surface area contributed by atoms with Crippen LogP contribution in [-0.2, 0) is 14.8 Å². The molecule has 1 heterocycles. The second-order valence-electron chi connectivity index (χ2n) is 3.37. The van der Waals surface area contributed by atoms with Crippen LogP contribution in [0.2, 0.25) is 5.02 Å². The Labute approximate surface area is 118 Å². The fraction of sp³-hybridized carbons (Fsp3) is 0.556. The second kappa shape index (κ2) is 6.49. The van der Waals surface area contributed by atoms with Gasteiger partial charge in [0.25, 0.3) is 0 Å². The van der Waals surface area contributed by atoms with Gasteiger partial charge in [0.15, 0.2) is 0 Å². The zero-order valence-electron chi connectivity index (χ0n) is 9.37. The molecule has 0 saturated heterocycles. The van der Waals surface area contributed by atoms with E-state index in [1.54, 1.807) is 0 Å². The Morgan fingerprint density at radius 2 is 2.29 bits per heavy atom. The van der Waals surface area contributed by atoms with Crippen LogP contribution < -0.4 is 4.72 Å². The number of halogens is 2. The molecule has 1 unspecified atom stereocenters. The molecule has 4 nitrogen and oxygen atoms in total. The molecule has 1 atom stereocenters. The van der Waals surface area contributed by atoms with Gasteiger partial charge in [-0.05, 0) is 28.4 Å². The summed E-state index contributed by atoms with van der Waals surface area (Å²) < 4.78 is 32.3. The third-order valence-corrected chi connectivity index (χ3v) is 6.54. The number of rotatable bonds is 6. The van der Waals surface area contributed by atoms with Gasteiger partial charge in [-0.15, -0.1) is 11.3 Å². The maximum absolute atomic E-state index is 12.0. The lowest BCUT2D eigenvalue weighted by Crippen LogP contribution is -2.37. The largest absolute Gasteiger partial charge is 0.383 e. The Bertz CT molecular complexity index is 455. The normalized spacial score (nSPS) is 13.9. The maximum Gasteiger partial charge on any atom is 0.250 e. The van der Waals surface area contributed by atoms with Crippen LogP contribution in [0.15, 0.2) is 14.1 Å². The van der Waals surface area contributed by atoms with Gasteiger partial charge in [-0.2, -0.15) is 0 Å². The Morgan fingerprint density at radius 3 is 2.71 bits per heavy atom. The van der Waals surface area contributed by atoms with E-state index in [9.17, 15) is 8.42 Å². The summed E-state index contributed by atoms with van der Waals surface area (Å²) in [7, 11) is -1.98. The molecule has 0 saturated carbocycles. The quantitative estimate of drug-likeness (QED) is 0.846. The van der Waals surface area contributed by atoms with Gasteiger partial charge >= 0.3 is 0 Å². The Kier molecular flexibility index (Phi) is 5.88. The maximum atomic E-state index is 12.0. The van der Waals surface area contributed by atoms with Crippen LogP contribution in [0.5, 0.6) is 0 Å². The molecule has 0 spiro atoms. The monoisotopic (exact) mass is 361 g/mol. The van der Waals surface area contributed by atoms with E-state index >= 15 is 0 Å². The van der Waals surface area contributed by atoms with Gasteiger partial charge in [0.2, 0.25) is 10.0 Å². The van der Waals surface area contributed by atoms with Crippen molar-refractivity contribution < 1.29 is 13.2 Å². The van der Waals surface area contributed by atoms with Gasteiger partial charge < -0.3 is 4.74 Å². The summed E-state index contributed by atoms with van der Waals surface area (Å²) in [5, 5.41) is 0.398.